The number of rotatable bonds is 1. The zero-order chi connectivity index (χ0) is 13.4. The fourth-order valence-corrected chi connectivity index (χ4v) is 2.86. The Morgan fingerprint density at radius 3 is 2.89 bits per heavy atom. The Morgan fingerprint density at radius 1 is 1.32 bits per heavy atom. The Hall–Kier alpha value is -2.10. The third-order valence-corrected chi connectivity index (χ3v) is 3.62. The number of hydrogen-bond acceptors (Lipinski definition) is 3. The third-order valence-electron chi connectivity index (χ3n) is 3.62. The largest absolute Gasteiger partial charge is 0.294 e. The van der Waals surface area contributed by atoms with Crippen molar-refractivity contribution in [2.24, 2.45) is 0 Å². The first kappa shape index (κ1) is 12.0. The van der Waals surface area contributed by atoms with Crippen molar-refractivity contribution in [3.8, 4) is 0 Å². The Balaban J connectivity index is 2.06. The van der Waals surface area contributed by atoms with Crippen LogP contribution in [0.25, 0.3) is 5.57 Å². The lowest BCUT2D eigenvalue weighted by atomic mass is 10.0. The van der Waals surface area contributed by atoms with E-state index in [-0.39, 0.29) is 11.7 Å². The average Bonchev–Trinajstić information content (AvgIpc) is 2.69. The van der Waals surface area contributed by atoms with E-state index in [1.54, 1.807) is 0 Å². The van der Waals surface area contributed by atoms with Crippen LogP contribution in [-0.2, 0) is 16.0 Å². The smallest absolute Gasteiger partial charge is 0.235 e. The molecular formula is C15H16N2O2. The molecule has 1 aromatic rings. The number of benzene rings is 1. The molecule has 0 bridgehead atoms. The molecule has 3 rings (SSSR count). The summed E-state index contributed by atoms with van der Waals surface area (Å²) < 4.78 is 0. The van der Waals surface area contributed by atoms with Crippen LogP contribution in [0.5, 0.6) is 0 Å². The number of nitrogens with zero attached hydrogens (tertiary/aromatic N) is 1. The van der Waals surface area contributed by atoms with Gasteiger partial charge in [0.05, 0.1) is 5.70 Å². The molecule has 0 aromatic heterocycles. The number of hydrogen-bond donors (Lipinski definition) is 1. The van der Waals surface area contributed by atoms with Gasteiger partial charge in [-0.1, -0.05) is 24.3 Å². The average molecular weight is 256 g/mol. The maximum absolute atomic E-state index is 12.3. The van der Waals surface area contributed by atoms with Gasteiger partial charge in [-0.05, 0) is 17.5 Å². The first-order valence-electron chi connectivity index (χ1n) is 6.56. The van der Waals surface area contributed by atoms with Gasteiger partial charge in [0.25, 0.3) is 0 Å². The third kappa shape index (κ3) is 2.03. The van der Waals surface area contributed by atoms with Crippen molar-refractivity contribution in [2.75, 3.05) is 6.54 Å². The van der Waals surface area contributed by atoms with Crippen LogP contribution in [0.3, 0.4) is 0 Å². The molecule has 98 valence electrons. The quantitative estimate of drug-likeness (QED) is 0.831. The summed E-state index contributed by atoms with van der Waals surface area (Å²) in [6.07, 6.45) is 2.04. The molecule has 2 aliphatic rings. The Labute approximate surface area is 112 Å². The van der Waals surface area contributed by atoms with Crippen LogP contribution < -0.4 is 5.43 Å². The molecule has 0 saturated heterocycles. The summed E-state index contributed by atoms with van der Waals surface area (Å²) in [4.78, 5) is 23.6. The SMILES string of the molecule is CC(=O)NN1CCCC(=O)C2=C1Cc1ccccc12. The molecule has 0 atom stereocenters. The van der Waals surface area contributed by atoms with Crippen molar-refractivity contribution in [1.82, 2.24) is 10.4 Å². The molecule has 1 aliphatic heterocycles. The topological polar surface area (TPSA) is 49.4 Å². The van der Waals surface area contributed by atoms with Crippen LogP contribution in [0.4, 0.5) is 0 Å². The summed E-state index contributed by atoms with van der Waals surface area (Å²) in [5, 5.41) is 1.85. The van der Waals surface area contributed by atoms with Crippen LogP contribution in [0.15, 0.2) is 30.0 Å². The molecule has 19 heavy (non-hydrogen) atoms. The van der Waals surface area contributed by atoms with Crippen LogP contribution in [0.1, 0.15) is 30.9 Å². The molecule has 4 heteroatoms. The van der Waals surface area contributed by atoms with Crippen molar-refractivity contribution in [1.29, 1.82) is 0 Å². The highest BCUT2D eigenvalue weighted by Gasteiger charge is 2.31. The summed E-state index contributed by atoms with van der Waals surface area (Å²) in [6, 6.07) is 7.98. The molecule has 0 radical (unpaired) electrons. The molecule has 0 saturated carbocycles. The molecule has 1 amide bonds. The van der Waals surface area contributed by atoms with Gasteiger partial charge in [-0.2, -0.15) is 0 Å². The predicted molar refractivity (Wildman–Crippen MR) is 71.8 cm³/mol. The minimum Gasteiger partial charge on any atom is -0.294 e. The van der Waals surface area contributed by atoms with E-state index in [0.717, 1.165) is 35.2 Å². The molecule has 1 heterocycles. The van der Waals surface area contributed by atoms with Crippen LogP contribution >= 0.6 is 0 Å². The molecule has 0 unspecified atom stereocenters. The lowest BCUT2D eigenvalue weighted by Crippen LogP contribution is -2.40. The van der Waals surface area contributed by atoms with Gasteiger partial charge in [-0.3, -0.25) is 20.0 Å². The standard InChI is InChI=1S/C15H16N2O2/c1-10(18)16-17-8-4-7-14(19)15-12-6-3-2-5-11(12)9-13(15)17/h2-3,5-6H,4,7-9H2,1H3,(H,16,18). The van der Waals surface area contributed by atoms with E-state index in [2.05, 4.69) is 5.43 Å². The van der Waals surface area contributed by atoms with E-state index >= 15 is 0 Å². The van der Waals surface area contributed by atoms with Gasteiger partial charge in [0, 0.05) is 31.9 Å². The summed E-state index contributed by atoms with van der Waals surface area (Å²) in [5.41, 5.74) is 6.76. The fraction of sp³-hybridized carbons (Fsp3) is 0.333. The fourth-order valence-electron chi connectivity index (χ4n) is 2.86. The molecular weight excluding hydrogens is 240 g/mol. The highest BCUT2D eigenvalue weighted by molar-refractivity contribution is 6.23. The van der Waals surface area contributed by atoms with Crippen LogP contribution in [0.2, 0.25) is 0 Å². The zero-order valence-corrected chi connectivity index (χ0v) is 10.9. The van der Waals surface area contributed by atoms with Crippen molar-refractivity contribution in [3.05, 3.63) is 41.1 Å². The Kier molecular flexibility index (Phi) is 2.85. The minimum atomic E-state index is -0.0999. The number of carbonyl (C=O) groups excluding carboxylic acids is 2. The van der Waals surface area contributed by atoms with Gasteiger partial charge in [0.15, 0.2) is 5.78 Å². The Morgan fingerprint density at radius 2 is 2.11 bits per heavy atom. The van der Waals surface area contributed by atoms with E-state index in [1.165, 1.54) is 6.92 Å². The van der Waals surface area contributed by atoms with Gasteiger partial charge in [-0.15, -0.1) is 0 Å². The van der Waals surface area contributed by atoms with E-state index in [0.29, 0.717) is 13.0 Å². The number of carbonyl (C=O) groups is 2. The Bertz CT molecular complexity index is 590. The van der Waals surface area contributed by atoms with Gasteiger partial charge in [0.1, 0.15) is 0 Å². The predicted octanol–water partition coefficient (Wildman–Crippen LogP) is 1.67. The lowest BCUT2D eigenvalue weighted by molar-refractivity contribution is -0.122. The number of ketones is 1. The maximum Gasteiger partial charge on any atom is 0.235 e. The van der Waals surface area contributed by atoms with Crippen molar-refractivity contribution in [2.45, 2.75) is 26.2 Å². The normalized spacial score (nSPS) is 17.9. The molecule has 0 spiro atoms. The highest BCUT2D eigenvalue weighted by Crippen LogP contribution is 2.37. The number of nitrogens with one attached hydrogen (secondary N) is 1. The maximum atomic E-state index is 12.3. The van der Waals surface area contributed by atoms with Gasteiger partial charge in [0.2, 0.25) is 5.91 Å². The second-order valence-electron chi connectivity index (χ2n) is 5.00. The van der Waals surface area contributed by atoms with E-state index in [9.17, 15) is 9.59 Å². The van der Waals surface area contributed by atoms with E-state index in [4.69, 9.17) is 0 Å². The van der Waals surface area contributed by atoms with E-state index < -0.39 is 0 Å². The summed E-state index contributed by atoms with van der Waals surface area (Å²) >= 11 is 0. The molecule has 1 aromatic carbocycles. The van der Waals surface area contributed by atoms with Crippen molar-refractivity contribution >= 4 is 17.3 Å². The van der Waals surface area contributed by atoms with E-state index in [1.807, 2.05) is 29.3 Å². The molecule has 1 aliphatic carbocycles. The first-order valence-corrected chi connectivity index (χ1v) is 6.56. The molecule has 0 fully saturated rings. The first-order chi connectivity index (χ1) is 9.16. The van der Waals surface area contributed by atoms with Crippen molar-refractivity contribution in [3.63, 3.8) is 0 Å². The summed E-state index contributed by atoms with van der Waals surface area (Å²) in [5.74, 6) is 0.0879. The van der Waals surface area contributed by atoms with Crippen LogP contribution in [0, 0.1) is 0 Å². The molecule has 4 nitrogen and oxygen atoms in total. The second-order valence-corrected chi connectivity index (χ2v) is 5.00. The minimum absolute atomic E-state index is 0.0999. The van der Waals surface area contributed by atoms with Gasteiger partial charge >= 0.3 is 0 Å². The number of Topliss-reactive ketones (excluding diaryl/α,β-unsaturated/α-hetero) is 1. The zero-order valence-electron chi connectivity index (χ0n) is 10.9. The van der Waals surface area contributed by atoms with Crippen LogP contribution in [-0.4, -0.2) is 23.2 Å². The summed E-state index contributed by atoms with van der Waals surface area (Å²) in [6.45, 7) is 2.19. The number of hydrazine groups is 1. The summed E-state index contributed by atoms with van der Waals surface area (Å²) in [7, 11) is 0. The number of allylic oxidation sites excluding steroid dienone is 2. The number of fused-ring (bicyclic) bond motifs is 2. The van der Waals surface area contributed by atoms with Crippen molar-refractivity contribution < 1.29 is 9.59 Å². The lowest BCUT2D eigenvalue weighted by Gasteiger charge is -2.25. The molecule has 1 N–H and O–H groups in total. The van der Waals surface area contributed by atoms with Gasteiger partial charge in [-0.25, -0.2) is 0 Å². The number of amides is 1. The monoisotopic (exact) mass is 256 g/mol. The van der Waals surface area contributed by atoms with Gasteiger partial charge < -0.3 is 0 Å². The highest BCUT2D eigenvalue weighted by atomic mass is 16.2. The second kappa shape index (κ2) is 4.53.